The Hall–Kier alpha value is -0.650. The molecule has 3 nitrogen and oxygen atoms in total. The highest BCUT2D eigenvalue weighted by molar-refractivity contribution is 9.10. The van der Waals surface area contributed by atoms with Crippen LogP contribution in [0.4, 0.5) is 4.39 Å². The van der Waals surface area contributed by atoms with Gasteiger partial charge >= 0.3 is 0 Å². The summed E-state index contributed by atoms with van der Waals surface area (Å²) in [5, 5.41) is 0. The summed E-state index contributed by atoms with van der Waals surface area (Å²) in [5.41, 5.74) is 7.18. The second-order valence-electron chi connectivity index (χ2n) is 4.80. The quantitative estimate of drug-likeness (QED) is 0.919. The smallest absolute Gasteiger partial charge is 0.141 e. The Kier molecular flexibility index (Phi) is 4.81. The van der Waals surface area contributed by atoms with Crippen LogP contribution >= 0.6 is 15.9 Å². The molecule has 2 N–H and O–H groups in total. The van der Waals surface area contributed by atoms with Crippen LogP contribution in [0, 0.1) is 11.7 Å². The van der Waals surface area contributed by atoms with Crippen molar-refractivity contribution in [2.24, 2.45) is 11.7 Å². The summed E-state index contributed by atoms with van der Waals surface area (Å²) in [6, 6.07) is 2.87. The van der Waals surface area contributed by atoms with Gasteiger partial charge in [0.05, 0.1) is 17.7 Å². The Labute approximate surface area is 121 Å². The Balaban J connectivity index is 2.32. The Morgan fingerprint density at radius 1 is 1.58 bits per heavy atom. The molecular weight excluding hydrogens is 313 g/mol. The minimum atomic E-state index is -0.345. The van der Waals surface area contributed by atoms with Crippen LogP contribution in [0.15, 0.2) is 16.6 Å². The maximum Gasteiger partial charge on any atom is 0.141 e. The van der Waals surface area contributed by atoms with Crippen molar-refractivity contribution in [1.29, 1.82) is 0 Å². The van der Waals surface area contributed by atoms with Crippen LogP contribution < -0.4 is 10.5 Å². The van der Waals surface area contributed by atoms with E-state index in [0.29, 0.717) is 10.2 Å². The normalized spacial score (nSPS) is 24.5. The van der Waals surface area contributed by atoms with E-state index >= 15 is 0 Å². The van der Waals surface area contributed by atoms with Crippen LogP contribution in [0.2, 0.25) is 0 Å². The van der Waals surface area contributed by atoms with E-state index in [9.17, 15) is 4.39 Å². The molecule has 0 amide bonds. The summed E-state index contributed by atoms with van der Waals surface area (Å²) in [6.45, 7) is 2.83. The number of methoxy groups -OCH3 is 1. The van der Waals surface area contributed by atoms with E-state index < -0.39 is 0 Å². The molecule has 0 saturated carbocycles. The van der Waals surface area contributed by atoms with Gasteiger partial charge in [-0.15, -0.1) is 0 Å². The van der Waals surface area contributed by atoms with Crippen LogP contribution in [0.25, 0.3) is 0 Å². The molecule has 1 aromatic carbocycles. The first kappa shape index (κ1) is 14.8. The Morgan fingerprint density at radius 2 is 2.32 bits per heavy atom. The monoisotopic (exact) mass is 331 g/mol. The topological polar surface area (TPSA) is 44.5 Å². The molecule has 3 atom stereocenters. The van der Waals surface area contributed by atoms with Gasteiger partial charge in [0.1, 0.15) is 11.6 Å². The molecule has 2 rings (SSSR count). The third-order valence-electron chi connectivity index (χ3n) is 3.76. The van der Waals surface area contributed by atoms with Gasteiger partial charge in [-0.05, 0) is 34.8 Å². The van der Waals surface area contributed by atoms with Crippen molar-refractivity contribution in [2.75, 3.05) is 13.7 Å². The maximum atomic E-state index is 13.5. The number of nitrogens with two attached hydrogens (primary N) is 1. The Bertz CT molecular complexity index is 455. The molecule has 0 aromatic heterocycles. The molecule has 0 bridgehead atoms. The van der Waals surface area contributed by atoms with Crippen molar-refractivity contribution in [3.8, 4) is 5.75 Å². The lowest BCUT2D eigenvalue weighted by Crippen LogP contribution is -2.28. The molecule has 5 heteroatoms. The standard InChI is InChI=1S/C14H19BrFNO2/c1-3-12-8(4-5-19-12)14(17)9-6-10(15)11(16)7-13(9)18-2/h6-8,12,14H,3-5,17H2,1-2H3. The molecule has 1 fully saturated rings. The summed E-state index contributed by atoms with van der Waals surface area (Å²) in [5.74, 6) is 0.397. The average Bonchev–Trinajstić information content (AvgIpc) is 2.88. The zero-order chi connectivity index (χ0) is 14.0. The number of halogens is 2. The molecule has 3 unspecified atom stereocenters. The SMILES string of the molecule is CCC1OCCC1C(N)c1cc(Br)c(F)cc1OC. The van der Waals surface area contributed by atoms with E-state index in [2.05, 4.69) is 22.9 Å². The van der Waals surface area contributed by atoms with Gasteiger partial charge in [-0.2, -0.15) is 0 Å². The zero-order valence-electron chi connectivity index (χ0n) is 11.2. The molecule has 106 valence electrons. The van der Waals surface area contributed by atoms with Crippen molar-refractivity contribution >= 4 is 15.9 Å². The van der Waals surface area contributed by atoms with E-state index in [1.54, 1.807) is 6.07 Å². The van der Waals surface area contributed by atoms with Gasteiger partial charge < -0.3 is 15.2 Å². The molecule has 1 aliphatic rings. The van der Waals surface area contributed by atoms with Gasteiger partial charge in [0.15, 0.2) is 0 Å². The summed E-state index contributed by atoms with van der Waals surface area (Å²) in [6.07, 6.45) is 2.03. The van der Waals surface area contributed by atoms with Crippen LogP contribution in [0.5, 0.6) is 5.75 Å². The molecule has 1 aromatic rings. The highest BCUT2D eigenvalue weighted by Gasteiger charge is 2.34. The second-order valence-corrected chi connectivity index (χ2v) is 5.66. The predicted octanol–water partition coefficient (Wildman–Crippen LogP) is 3.41. The lowest BCUT2D eigenvalue weighted by molar-refractivity contribution is 0.0811. The number of hydrogen-bond acceptors (Lipinski definition) is 3. The first-order valence-corrected chi connectivity index (χ1v) is 7.27. The highest BCUT2D eigenvalue weighted by Crippen LogP contribution is 2.38. The fraction of sp³-hybridized carbons (Fsp3) is 0.571. The number of benzene rings is 1. The first-order valence-electron chi connectivity index (χ1n) is 6.48. The molecule has 0 radical (unpaired) electrons. The molecule has 0 aliphatic carbocycles. The largest absolute Gasteiger partial charge is 0.496 e. The summed E-state index contributed by atoms with van der Waals surface area (Å²) in [7, 11) is 1.53. The third kappa shape index (κ3) is 2.93. The summed E-state index contributed by atoms with van der Waals surface area (Å²) < 4.78 is 24.9. The second kappa shape index (κ2) is 6.20. The molecule has 19 heavy (non-hydrogen) atoms. The van der Waals surface area contributed by atoms with Gasteiger partial charge in [-0.25, -0.2) is 4.39 Å². The van der Waals surface area contributed by atoms with Crippen molar-refractivity contribution < 1.29 is 13.9 Å². The van der Waals surface area contributed by atoms with Crippen molar-refractivity contribution in [3.63, 3.8) is 0 Å². The molecule has 0 spiro atoms. The van der Waals surface area contributed by atoms with Crippen LogP contribution in [-0.4, -0.2) is 19.8 Å². The van der Waals surface area contributed by atoms with Gasteiger partial charge in [0.25, 0.3) is 0 Å². The number of ether oxygens (including phenoxy) is 2. The first-order chi connectivity index (χ1) is 9.08. The van der Waals surface area contributed by atoms with Gasteiger partial charge in [0, 0.05) is 30.2 Å². The lowest BCUT2D eigenvalue weighted by atomic mass is 9.87. The van der Waals surface area contributed by atoms with Gasteiger partial charge in [-0.1, -0.05) is 6.92 Å². The van der Waals surface area contributed by atoms with E-state index in [-0.39, 0.29) is 23.9 Å². The van der Waals surface area contributed by atoms with Crippen LogP contribution in [0.3, 0.4) is 0 Å². The maximum absolute atomic E-state index is 13.5. The Morgan fingerprint density at radius 3 is 2.95 bits per heavy atom. The minimum absolute atomic E-state index is 0.170. The average molecular weight is 332 g/mol. The van der Waals surface area contributed by atoms with Crippen LogP contribution in [0.1, 0.15) is 31.4 Å². The van der Waals surface area contributed by atoms with E-state index in [1.165, 1.54) is 13.2 Å². The molecular formula is C14H19BrFNO2. The number of rotatable bonds is 4. The predicted molar refractivity (Wildman–Crippen MR) is 75.7 cm³/mol. The van der Waals surface area contributed by atoms with Gasteiger partial charge in [0.2, 0.25) is 0 Å². The third-order valence-corrected chi connectivity index (χ3v) is 4.36. The lowest BCUT2D eigenvalue weighted by Gasteiger charge is -2.25. The molecule has 1 aliphatic heterocycles. The minimum Gasteiger partial charge on any atom is -0.496 e. The summed E-state index contributed by atoms with van der Waals surface area (Å²) >= 11 is 3.20. The highest BCUT2D eigenvalue weighted by atomic mass is 79.9. The van der Waals surface area contributed by atoms with Crippen LogP contribution in [-0.2, 0) is 4.74 Å². The van der Waals surface area contributed by atoms with E-state index in [0.717, 1.165) is 25.0 Å². The fourth-order valence-corrected chi connectivity index (χ4v) is 3.07. The number of hydrogen-bond donors (Lipinski definition) is 1. The van der Waals surface area contributed by atoms with E-state index in [1.807, 2.05) is 0 Å². The zero-order valence-corrected chi connectivity index (χ0v) is 12.7. The van der Waals surface area contributed by atoms with Crippen molar-refractivity contribution in [1.82, 2.24) is 0 Å². The molecule has 1 saturated heterocycles. The van der Waals surface area contributed by atoms with E-state index in [4.69, 9.17) is 15.2 Å². The fourth-order valence-electron chi connectivity index (χ4n) is 2.71. The van der Waals surface area contributed by atoms with Crippen molar-refractivity contribution in [2.45, 2.75) is 31.9 Å². The molecule has 1 heterocycles. The van der Waals surface area contributed by atoms with Gasteiger partial charge in [-0.3, -0.25) is 0 Å². The van der Waals surface area contributed by atoms with Crippen molar-refractivity contribution in [3.05, 3.63) is 28.0 Å². The summed E-state index contributed by atoms with van der Waals surface area (Å²) in [4.78, 5) is 0.